The first-order chi connectivity index (χ1) is 5.84. The summed E-state index contributed by atoms with van der Waals surface area (Å²) < 4.78 is 0. The van der Waals surface area contributed by atoms with E-state index in [-0.39, 0.29) is 6.04 Å². The van der Waals surface area contributed by atoms with Crippen LogP contribution in [0.1, 0.15) is 45.4 Å². The van der Waals surface area contributed by atoms with E-state index in [1.165, 1.54) is 25.7 Å². The lowest BCUT2D eigenvalue weighted by Crippen LogP contribution is -2.08. The van der Waals surface area contributed by atoms with E-state index in [2.05, 4.69) is 12.2 Å². The first kappa shape index (κ1) is 9.72. The Morgan fingerprint density at radius 1 is 1.33 bits per heavy atom. The van der Waals surface area contributed by atoms with E-state index in [0.717, 1.165) is 19.4 Å². The highest BCUT2D eigenvalue weighted by molar-refractivity contribution is 5.86. The van der Waals surface area contributed by atoms with Crippen LogP contribution >= 0.6 is 0 Å². The molecular formula is C10H19NO. The molecule has 1 fully saturated rings. The van der Waals surface area contributed by atoms with Crippen LogP contribution in [0.3, 0.4) is 0 Å². The van der Waals surface area contributed by atoms with Gasteiger partial charge in [0, 0.05) is 13.0 Å². The van der Waals surface area contributed by atoms with Crippen LogP contribution in [-0.2, 0) is 4.79 Å². The standard InChI is InChI=1S/C10H19NO/c1-2-3-4-5-6-7-10(12)9-8-11-9/h9,11H,2-8H2,1H3. The molecule has 1 N–H and O–H groups in total. The lowest BCUT2D eigenvalue weighted by Gasteiger charge is -1.98. The van der Waals surface area contributed by atoms with E-state index < -0.39 is 0 Å². The number of hydrogen-bond donors (Lipinski definition) is 1. The summed E-state index contributed by atoms with van der Waals surface area (Å²) >= 11 is 0. The molecule has 0 aromatic rings. The number of unbranched alkanes of at least 4 members (excludes halogenated alkanes) is 4. The molecule has 1 unspecified atom stereocenters. The van der Waals surface area contributed by atoms with Gasteiger partial charge in [-0.05, 0) is 6.42 Å². The van der Waals surface area contributed by atoms with E-state index in [1.54, 1.807) is 0 Å². The van der Waals surface area contributed by atoms with Crippen molar-refractivity contribution in [1.82, 2.24) is 5.32 Å². The second kappa shape index (κ2) is 5.31. The van der Waals surface area contributed by atoms with Gasteiger partial charge in [0.1, 0.15) is 0 Å². The molecule has 0 aliphatic carbocycles. The van der Waals surface area contributed by atoms with E-state index in [1.807, 2.05) is 0 Å². The Kier molecular flexibility index (Phi) is 4.30. The topological polar surface area (TPSA) is 39.0 Å². The molecule has 12 heavy (non-hydrogen) atoms. The van der Waals surface area contributed by atoms with Crippen LogP contribution in [0.25, 0.3) is 0 Å². The van der Waals surface area contributed by atoms with Crippen LogP contribution in [0.15, 0.2) is 0 Å². The molecule has 1 heterocycles. The molecule has 0 aromatic heterocycles. The zero-order chi connectivity index (χ0) is 8.81. The Morgan fingerprint density at radius 2 is 2.00 bits per heavy atom. The van der Waals surface area contributed by atoms with Crippen molar-refractivity contribution < 1.29 is 4.79 Å². The molecule has 1 aliphatic heterocycles. The molecular weight excluding hydrogens is 150 g/mol. The molecule has 1 aliphatic rings. The monoisotopic (exact) mass is 169 g/mol. The van der Waals surface area contributed by atoms with Crippen molar-refractivity contribution >= 4 is 5.78 Å². The van der Waals surface area contributed by atoms with Crippen molar-refractivity contribution in [3.8, 4) is 0 Å². The van der Waals surface area contributed by atoms with E-state index in [0.29, 0.717) is 5.78 Å². The SMILES string of the molecule is CCCCCCCC(=O)C1CN1. The molecule has 1 atom stereocenters. The van der Waals surface area contributed by atoms with Gasteiger partial charge in [-0.2, -0.15) is 0 Å². The first-order valence-corrected chi connectivity index (χ1v) is 5.10. The van der Waals surface area contributed by atoms with Crippen molar-refractivity contribution in [1.29, 1.82) is 0 Å². The van der Waals surface area contributed by atoms with Crippen LogP contribution in [-0.4, -0.2) is 18.4 Å². The minimum atomic E-state index is 0.233. The van der Waals surface area contributed by atoms with Crippen molar-refractivity contribution in [3.05, 3.63) is 0 Å². The summed E-state index contributed by atoms with van der Waals surface area (Å²) in [4.78, 5) is 11.2. The zero-order valence-corrected chi connectivity index (χ0v) is 7.94. The Labute approximate surface area is 74.7 Å². The Morgan fingerprint density at radius 3 is 2.58 bits per heavy atom. The lowest BCUT2D eigenvalue weighted by atomic mass is 10.1. The lowest BCUT2D eigenvalue weighted by molar-refractivity contribution is -0.118. The van der Waals surface area contributed by atoms with Crippen LogP contribution in [0.4, 0.5) is 0 Å². The number of carbonyl (C=O) groups excluding carboxylic acids is 1. The fraction of sp³-hybridized carbons (Fsp3) is 0.900. The van der Waals surface area contributed by atoms with E-state index >= 15 is 0 Å². The molecule has 0 amide bonds. The van der Waals surface area contributed by atoms with Crippen molar-refractivity contribution in [2.75, 3.05) is 6.54 Å². The Balaban J connectivity index is 1.84. The van der Waals surface area contributed by atoms with Gasteiger partial charge in [-0.3, -0.25) is 4.79 Å². The van der Waals surface area contributed by atoms with Gasteiger partial charge in [-0.25, -0.2) is 0 Å². The highest BCUT2D eigenvalue weighted by Gasteiger charge is 2.27. The summed E-state index contributed by atoms with van der Waals surface area (Å²) in [5.41, 5.74) is 0. The largest absolute Gasteiger partial charge is 0.304 e. The minimum absolute atomic E-state index is 0.233. The molecule has 0 bridgehead atoms. The summed E-state index contributed by atoms with van der Waals surface area (Å²) in [5.74, 6) is 0.423. The molecule has 2 heteroatoms. The molecule has 2 nitrogen and oxygen atoms in total. The average Bonchev–Trinajstić information content (AvgIpc) is 2.86. The number of carbonyl (C=O) groups is 1. The predicted octanol–water partition coefficient (Wildman–Crippen LogP) is 1.89. The maximum Gasteiger partial charge on any atom is 0.151 e. The van der Waals surface area contributed by atoms with Crippen LogP contribution < -0.4 is 5.32 Å². The molecule has 0 spiro atoms. The maximum absolute atomic E-state index is 11.2. The number of Topliss-reactive ketones (excluding diaryl/α,β-unsaturated/α-hetero) is 1. The third-order valence-corrected chi connectivity index (χ3v) is 2.32. The third-order valence-electron chi connectivity index (χ3n) is 2.32. The molecule has 0 radical (unpaired) electrons. The van der Waals surface area contributed by atoms with Gasteiger partial charge in [0.2, 0.25) is 0 Å². The number of nitrogens with one attached hydrogen (secondary N) is 1. The second-order valence-electron chi connectivity index (χ2n) is 3.59. The van der Waals surface area contributed by atoms with Gasteiger partial charge in [0.25, 0.3) is 0 Å². The fourth-order valence-corrected chi connectivity index (χ4v) is 1.36. The maximum atomic E-state index is 11.2. The molecule has 0 saturated carbocycles. The summed E-state index contributed by atoms with van der Waals surface area (Å²) in [6.45, 7) is 3.13. The summed E-state index contributed by atoms with van der Waals surface area (Å²) in [5, 5.41) is 3.04. The predicted molar refractivity (Wildman–Crippen MR) is 50.2 cm³/mol. The summed E-state index contributed by atoms with van der Waals surface area (Å²) in [6.07, 6.45) is 7.00. The van der Waals surface area contributed by atoms with Gasteiger partial charge in [-0.15, -0.1) is 0 Å². The highest BCUT2D eigenvalue weighted by Crippen LogP contribution is 2.09. The van der Waals surface area contributed by atoms with Crippen molar-refractivity contribution in [3.63, 3.8) is 0 Å². The molecule has 1 rings (SSSR count). The summed E-state index contributed by atoms with van der Waals surface area (Å²) in [6, 6.07) is 0.233. The number of hydrogen-bond acceptors (Lipinski definition) is 2. The van der Waals surface area contributed by atoms with Crippen LogP contribution in [0, 0.1) is 0 Å². The fourth-order valence-electron chi connectivity index (χ4n) is 1.36. The number of rotatable bonds is 7. The van der Waals surface area contributed by atoms with Gasteiger partial charge in [-0.1, -0.05) is 32.6 Å². The first-order valence-electron chi connectivity index (χ1n) is 5.10. The molecule has 1 saturated heterocycles. The Hall–Kier alpha value is -0.370. The average molecular weight is 169 g/mol. The number of ketones is 1. The zero-order valence-electron chi connectivity index (χ0n) is 7.94. The quantitative estimate of drug-likeness (QED) is 0.467. The van der Waals surface area contributed by atoms with Gasteiger partial charge < -0.3 is 5.32 Å². The third kappa shape index (κ3) is 3.86. The van der Waals surface area contributed by atoms with E-state index in [4.69, 9.17) is 0 Å². The van der Waals surface area contributed by atoms with Crippen LogP contribution in [0.2, 0.25) is 0 Å². The molecule has 0 aromatic carbocycles. The highest BCUT2D eigenvalue weighted by atomic mass is 16.1. The van der Waals surface area contributed by atoms with E-state index in [9.17, 15) is 4.79 Å². The Bertz CT molecular complexity index is 141. The van der Waals surface area contributed by atoms with Gasteiger partial charge in [0.05, 0.1) is 6.04 Å². The normalized spacial score (nSPS) is 20.9. The molecule has 70 valence electrons. The summed E-state index contributed by atoms with van der Waals surface area (Å²) in [7, 11) is 0. The smallest absolute Gasteiger partial charge is 0.151 e. The van der Waals surface area contributed by atoms with Crippen LogP contribution in [0.5, 0.6) is 0 Å². The van der Waals surface area contributed by atoms with Gasteiger partial charge in [0.15, 0.2) is 5.78 Å². The van der Waals surface area contributed by atoms with Crippen molar-refractivity contribution in [2.24, 2.45) is 0 Å². The van der Waals surface area contributed by atoms with Crippen molar-refractivity contribution in [2.45, 2.75) is 51.5 Å². The minimum Gasteiger partial charge on any atom is -0.304 e. The van der Waals surface area contributed by atoms with Gasteiger partial charge >= 0.3 is 0 Å². The second-order valence-corrected chi connectivity index (χ2v) is 3.59.